The predicted molar refractivity (Wildman–Crippen MR) is 70.4 cm³/mol. The number of hydrogen-bond acceptors (Lipinski definition) is 2. The summed E-state index contributed by atoms with van der Waals surface area (Å²) in [6.07, 6.45) is 4.32. The lowest BCUT2D eigenvalue weighted by Crippen LogP contribution is -3.14. The van der Waals surface area contributed by atoms with Crippen LogP contribution in [0.1, 0.15) is 39.5 Å². The fourth-order valence-electron chi connectivity index (χ4n) is 2.17. The van der Waals surface area contributed by atoms with Gasteiger partial charge in [0.15, 0.2) is 6.54 Å². The number of urea groups is 1. The van der Waals surface area contributed by atoms with Crippen molar-refractivity contribution >= 4 is 11.9 Å². The minimum Gasteiger partial charge on any atom is -0.338 e. The van der Waals surface area contributed by atoms with Gasteiger partial charge in [-0.25, -0.2) is 4.79 Å². The highest BCUT2D eigenvalue weighted by Crippen LogP contribution is 2.06. The fourth-order valence-corrected chi connectivity index (χ4v) is 2.17. The Balaban J connectivity index is 2.14. The molecule has 18 heavy (non-hydrogen) atoms. The lowest BCUT2D eigenvalue weighted by Gasteiger charge is -2.26. The first-order valence-electron chi connectivity index (χ1n) is 7.03. The van der Waals surface area contributed by atoms with Gasteiger partial charge in [-0.2, -0.15) is 0 Å². The SMILES string of the molecule is CCCCNC(=O)NC(=O)C[NH+]1CCC(C)CC1. The molecule has 0 aromatic rings. The Bertz CT molecular complexity index is 273. The molecule has 1 heterocycles. The zero-order valence-electron chi connectivity index (χ0n) is 11.6. The number of imide groups is 1. The van der Waals surface area contributed by atoms with Gasteiger partial charge in [-0.1, -0.05) is 20.3 Å². The van der Waals surface area contributed by atoms with Crippen LogP contribution in [0.5, 0.6) is 0 Å². The number of carbonyl (C=O) groups excluding carboxylic acids is 2. The number of piperidine rings is 1. The van der Waals surface area contributed by atoms with E-state index in [2.05, 4.69) is 24.5 Å². The van der Waals surface area contributed by atoms with Crippen LogP contribution in [0.15, 0.2) is 0 Å². The van der Waals surface area contributed by atoms with E-state index in [0.29, 0.717) is 13.1 Å². The average molecular weight is 256 g/mol. The Labute approximate surface area is 109 Å². The average Bonchev–Trinajstić information content (AvgIpc) is 2.32. The van der Waals surface area contributed by atoms with Crippen molar-refractivity contribution in [2.24, 2.45) is 5.92 Å². The number of rotatable bonds is 5. The van der Waals surface area contributed by atoms with Crippen molar-refractivity contribution in [2.75, 3.05) is 26.2 Å². The summed E-state index contributed by atoms with van der Waals surface area (Å²) in [5.41, 5.74) is 0. The molecule has 3 N–H and O–H groups in total. The number of carbonyl (C=O) groups is 2. The Hall–Kier alpha value is -1.10. The van der Waals surface area contributed by atoms with Crippen LogP contribution in [0, 0.1) is 5.92 Å². The molecule has 0 bridgehead atoms. The lowest BCUT2D eigenvalue weighted by molar-refractivity contribution is -0.898. The van der Waals surface area contributed by atoms with Crippen molar-refractivity contribution in [1.82, 2.24) is 10.6 Å². The van der Waals surface area contributed by atoms with Crippen molar-refractivity contribution < 1.29 is 14.5 Å². The van der Waals surface area contributed by atoms with E-state index < -0.39 is 0 Å². The van der Waals surface area contributed by atoms with Crippen LogP contribution >= 0.6 is 0 Å². The van der Waals surface area contributed by atoms with Crippen molar-refractivity contribution in [3.63, 3.8) is 0 Å². The third-order valence-electron chi connectivity index (χ3n) is 3.46. The standard InChI is InChI=1S/C13H25N3O2/c1-3-4-7-14-13(18)15-12(17)10-16-8-5-11(2)6-9-16/h11H,3-10H2,1-2H3,(H2,14,15,17,18)/p+1. The van der Waals surface area contributed by atoms with Gasteiger partial charge in [0.25, 0.3) is 5.91 Å². The van der Waals surface area contributed by atoms with Crippen molar-refractivity contribution in [1.29, 1.82) is 0 Å². The quantitative estimate of drug-likeness (QED) is 0.603. The summed E-state index contributed by atoms with van der Waals surface area (Å²) in [6.45, 7) is 7.42. The Morgan fingerprint density at radius 3 is 2.56 bits per heavy atom. The summed E-state index contributed by atoms with van der Waals surface area (Å²) in [4.78, 5) is 24.3. The number of hydrogen-bond donors (Lipinski definition) is 3. The Morgan fingerprint density at radius 2 is 1.94 bits per heavy atom. The van der Waals surface area contributed by atoms with Crippen LogP contribution in [0.2, 0.25) is 0 Å². The summed E-state index contributed by atoms with van der Waals surface area (Å²) in [7, 11) is 0. The number of likely N-dealkylation sites (tertiary alicyclic amines) is 1. The monoisotopic (exact) mass is 256 g/mol. The molecule has 1 rings (SSSR count). The largest absolute Gasteiger partial charge is 0.338 e. The van der Waals surface area contributed by atoms with E-state index >= 15 is 0 Å². The second kappa shape index (κ2) is 8.08. The zero-order valence-corrected chi connectivity index (χ0v) is 11.6. The molecule has 0 aromatic carbocycles. The molecule has 5 nitrogen and oxygen atoms in total. The molecule has 0 unspecified atom stereocenters. The zero-order chi connectivity index (χ0) is 13.4. The van der Waals surface area contributed by atoms with Crippen LogP contribution in [0.25, 0.3) is 0 Å². The summed E-state index contributed by atoms with van der Waals surface area (Å²) < 4.78 is 0. The van der Waals surface area contributed by atoms with Gasteiger partial charge in [0.1, 0.15) is 0 Å². The summed E-state index contributed by atoms with van der Waals surface area (Å²) in [5, 5.41) is 5.07. The van der Waals surface area contributed by atoms with Gasteiger partial charge in [-0.3, -0.25) is 10.1 Å². The highest BCUT2D eigenvalue weighted by Gasteiger charge is 2.21. The molecule has 1 aliphatic heterocycles. The van der Waals surface area contributed by atoms with Gasteiger partial charge >= 0.3 is 6.03 Å². The number of quaternary nitrogens is 1. The van der Waals surface area contributed by atoms with Crippen LogP contribution < -0.4 is 15.5 Å². The molecular formula is C13H26N3O2+. The minimum absolute atomic E-state index is 0.173. The van der Waals surface area contributed by atoms with Crippen LogP contribution in [-0.2, 0) is 4.79 Å². The fraction of sp³-hybridized carbons (Fsp3) is 0.846. The molecule has 104 valence electrons. The third-order valence-corrected chi connectivity index (χ3v) is 3.46. The van der Waals surface area contributed by atoms with E-state index in [1.807, 2.05) is 0 Å². The molecule has 0 saturated carbocycles. The molecule has 0 aliphatic carbocycles. The van der Waals surface area contributed by atoms with Crippen LogP contribution in [-0.4, -0.2) is 38.1 Å². The van der Waals surface area contributed by atoms with E-state index in [-0.39, 0.29) is 11.9 Å². The Kier molecular flexibility index (Phi) is 6.72. The van der Waals surface area contributed by atoms with Crippen molar-refractivity contribution in [2.45, 2.75) is 39.5 Å². The van der Waals surface area contributed by atoms with E-state index in [1.165, 1.54) is 17.7 Å². The first-order chi connectivity index (χ1) is 8.61. The lowest BCUT2D eigenvalue weighted by atomic mass is 9.99. The molecule has 3 amide bonds. The van der Waals surface area contributed by atoms with E-state index in [4.69, 9.17) is 0 Å². The molecule has 0 radical (unpaired) electrons. The van der Waals surface area contributed by atoms with Crippen molar-refractivity contribution in [3.8, 4) is 0 Å². The minimum atomic E-state index is -0.363. The van der Waals surface area contributed by atoms with Crippen LogP contribution in [0.3, 0.4) is 0 Å². The van der Waals surface area contributed by atoms with Gasteiger partial charge < -0.3 is 10.2 Å². The highest BCUT2D eigenvalue weighted by atomic mass is 16.2. The Morgan fingerprint density at radius 1 is 1.28 bits per heavy atom. The van der Waals surface area contributed by atoms with E-state index in [9.17, 15) is 9.59 Å². The maximum absolute atomic E-state index is 11.6. The van der Waals surface area contributed by atoms with Crippen molar-refractivity contribution in [3.05, 3.63) is 0 Å². The first-order valence-corrected chi connectivity index (χ1v) is 7.03. The van der Waals surface area contributed by atoms with E-state index in [1.54, 1.807) is 0 Å². The molecule has 1 saturated heterocycles. The number of unbranched alkanes of at least 4 members (excludes halogenated alkanes) is 1. The predicted octanol–water partition coefficient (Wildman–Crippen LogP) is -0.0729. The highest BCUT2D eigenvalue weighted by molar-refractivity contribution is 5.94. The van der Waals surface area contributed by atoms with Gasteiger partial charge in [-0.05, 0) is 25.2 Å². The third kappa shape index (κ3) is 6.00. The molecular weight excluding hydrogens is 230 g/mol. The summed E-state index contributed by atoms with van der Waals surface area (Å²) in [6, 6.07) is -0.363. The maximum atomic E-state index is 11.6. The van der Waals surface area contributed by atoms with Gasteiger partial charge in [0.2, 0.25) is 0 Å². The normalized spacial score (nSPS) is 23.4. The number of nitrogens with one attached hydrogen (secondary N) is 3. The van der Waals surface area contributed by atoms with E-state index in [0.717, 1.165) is 31.8 Å². The molecule has 0 atom stereocenters. The number of amides is 3. The van der Waals surface area contributed by atoms with Crippen LogP contribution in [0.4, 0.5) is 4.79 Å². The smallest absolute Gasteiger partial charge is 0.321 e. The molecule has 5 heteroatoms. The second-order valence-corrected chi connectivity index (χ2v) is 5.27. The first kappa shape index (κ1) is 15.0. The second-order valence-electron chi connectivity index (χ2n) is 5.27. The maximum Gasteiger partial charge on any atom is 0.321 e. The summed E-state index contributed by atoms with van der Waals surface area (Å²) >= 11 is 0. The van der Waals surface area contributed by atoms with Gasteiger partial charge in [-0.15, -0.1) is 0 Å². The molecule has 1 aliphatic rings. The molecule has 0 spiro atoms. The molecule has 1 fully saturated rings. The summed E-state index contributed by atoms with van der Waals surface area (Å²) in [5.74, 6) is 0.600. The topological polar surface area (TPSA) is 62.6 Å². The van der Waals surface area contributed by atoms with Gasteiger partial charge in [0.05, 0.1) is 13.1 Å². The van der Waals surface area contributed by atoms with Gasteiger partial charge in [0, 0.05) is 6.54 Å². The molecule has 0 aromatic heterocycles.